The second-order valence-corrected chi connectivity index (χ2v) is 5.88. The van der Waals surface area contributed by atoms with Gasteiger partial charge in [-0.3, -0.25) is 4.79 Å². The fourth-order valence-corrected chi connectivity index (χ4v) is 2.52. The monoisotopic (exact) mass is 323 g/mol. The van der Waals surface area contributed by atoms with E-state index < -0.39 is 0 Å². The van der Waals surface area contributed by atoms with Crippen LogP contribution in [0.5, 0.6) is 11.5 Å². The van der Waals surface area contributed by atoms with Gasteiger partial charge in [-0.1, -0.05) is 35.9 Å². The van der Waals surface area contributed by atoms with Gasteiger partial charge in [0.15, 0.2) is 11.5 Å². The number of carbonyl (C=O) groups excluding carboxylic acids is 1. The number of nitrogens with one attached hydrogen (secondary N) is 1. The van der Waals surface area contributed by atoms with E-state index in [-0.39, 0.29) is 11.9 Å². The lowest BCUT2D eigenvalue weighted by atomic mass is 10.1. The van der Waals surface area contributed by atoms with Gasteiger partial charge >= 0.3 is 0 Å². The van der Waals surface area contributed by atoms with Gasteiger partial charge in [0.1, 0.15) is 13.2 Å². The van der Waals surface area contributed by atoms with Crippen molar-refractivity contribution in [2.24, 2.45) is 0 Å². The largest absolute Gasteiger partial charge is 0.486 e. The van der Waals surface area contributed by atoms with E-state index in [4.69, 9.17) is 9.47 Å². The fraction of sp³-hybridized carbons (Fsp3) is 0.250. The molecule has 1 aliphatic heterocycles. The van der Waals surface area contributed by atoms with Crippen LogP contribution in [-0.2, 0) is 4.79 Å². The van der Waals surface area contributed by atoms with Crippen LogP contribution in [0.2, 0.25) is 0 Å². The van der Waals surface area contributed by atoms with Crippen LogP contribution in [0.3, 0.4) is 0 Å². The van der Waals surface area contributed by atoms with Crippen molar-refractivity contribution in [1.29, 1.82) is 0 Å². The lowest BCUT2D eigenvalue weighted by Crippen LogP contribution is -2.25. The number of benzene rings is 2. The van der Waals surface area contributed by atoms with Crippen LogP contribution in [0.15, 0.2) is 48.5 Å². The highest BCUT2D eigenvalue weighted by Crippen LogP contribution is 2.32. The van der Waals surface area contributed by atoms with Crippen LogP contribution >= 0.6 is 0 Å². The number of carbonyl (C=O) groups is 1. The molecule has 1 amide bonds. The number of amides is 1. The average molecular weight is 323 g/mol. The highest BCUT2D eigenvalue weighted by atomic mass is 16.6. The topological polar surface area (TPSA) is 47.6 Å². The molecular weight excluding hydrogens is 302 g/mol. The summed E-state index contributed by atoms with van der Waals surface area (Å²) in [6.45, 7) is 5.11. The summed E-state index contributed by atoms with van der Waals surface area (Å²) in [5.74, 6) is 1.36. The molecule has 3 rings (SSSR count). The minimum atomic E-state index is -0.127. The van der Waals surface area contributed by atoms with Crippen LogP contribution in [0.25, 0.3) is 6.08 Å². The molecule has 0 bridgehead atoms. The molecule has 1 atom stereocenters. The molecule has 2 aromatic rings. The zero-order chi connectivity index (χ0) is 16.9. The summed E-state index contributed by atoms with van der Waals surface area (Å²) in [6.07, 6.45) is 3.37. The summed E-state index contributed by atoms with van der Waals surface area (Å²) < 4.78 is 11.1. The Bertz CT molecular complexity index is 750. The number of fused-ring (bicyclic) bond motifs is 1. The first-order chi connectivity index (χ1) is 11.6. The first kappa shape index (κ1) is 16.1. The minimum Gasteiger partial charge on any atom is -0.486 e. The van der Waals surface area contributed by atoms with Crippen molar-refractivity contribution >= 4 is 12.0 Å². The maximum Gasteiger partial charge on any atom is 0.244 e. The van der Waals surface area contributed by atoms with E-state index in [1.807, 2.05) is 62.4 Å². The summed E-state index contributed by atoms with van der Waals surface area (Å²) in [5, 5.41) is 2.96. The van der Waals surface area contributed by atoms with Crippen molar-refractivity contribution in [3.63, 3.8) is 0 Å². The molecule has 2 aromatic carbocycles. The first-order valence-electron chi connectivity index (χ1n) is 8.06. The number of rotatable bonds is 4. The van der Waals surface area contributed by atoms with Crippen molar-refractivity contribution < 1.29 is 14.3 Å². The van der Waals surface area contributed by atoms with E-state index >= 15 is 0 Å². The molecule has 0 aliphatic carbocycles. The van der Waals surface area contributed by atoms with Gasteiger partial charge in [0.05, 0.1) is 6.04 Å². The molecule has 1 aliphatic rings. The van der Waals surface area contributed by atoms with E-state index in [9.17, 15) is 4.79 Å². The van der Waals surface area contributed by atoms with E-state index in [0.29, 0.717) is 13.2 Å². The number of hydrogen-bond donors (Lipinski definition) is 1. The fourth-order valence-electron chi connectivity index (χ4n) is 2.52. The van der Waals surface area contributed by atoms with Gasteiger partial charge in [0.25, 0.3) is 0 Å². The second kappa shape index (κ2) is 7.21. The Morgan fingerprint density at radius 3 is 2.54 bits per heavy atom. The van der Waals surface area contributed by atoms with Crippen molar-refractivity contribution in [2.75, 3.05) is 13.2 Å². The molecular formula is C20H21NO3. The lowest BCUT2D eigenvalue weighted by Gasteiger charge is -2.20. The number of ether oxygens (including phenoxy) is 2. The molecule has 1 N–H and O–H groups in total. The van der Waals surface area contributed by atoms with E-state index in [0.717, 1.165) is 22.6 Å². The molecule has 24 heavy (non-hydrogen) atoms. The zero-order valence-electron chi connectivity index (χ0n) is 13.9. The summed E-state index contributed by atoms with van der Waals surface area (Å²) in [7, 11) is 0. The summed E-state index contributed by atoms with van der Waals surface area (Å²) in [5.41, 5.74) is 3.18. The van der Waals surface area contributed by atoms with Gasteiger partial charge in [-0.2, -0.15) is 0 Å². The van der Waals surface area contributed by atoms with E-state index in [1.165, 1.54) is 5.56 Å². The molecule has 1 heterocycles. The molecule has 0 spiro atoms. The molecule has 0 saturated heterocycles. The molecule has 0 fully saturated rings. The number of hydrogen-bond acceptors (Lipinski definition) is 3. The van der Waals surface area contributed by atoms with Crippen LogP contribution in [0.1, 0.15) is 29.7 Å². The smallest absolute Gasteiger partial charge is 0.244 e. The van der Waals surface area contributed by atoms with Crippen molar-refractivity contribution in [1.82, 2.24) is 5.32 Å². The van der Waals surface area contributed by atoms with Gasteiger partial charge in [-0.05, 0) is 43.2 Å². The molecule has 0 unspecified atom stereocenters. The third-order valence-electron chi connectivity index (χ3n) is 3.93. The quantitative estimate of drug-likeness (QED) is 0.874. The Morgan fingerprint density at radius 2 is 1.79 bits per heavy atom. The van der Waals surface area contributed by atoms with Gasteiger partial charge in [0.2, 0.25) is 5.91 Å². The van der Waals surface area contributed by atoms with E-state index in [2.05, 4.69) is 5.32 Å². The zero-order valence-corrected chi connectivity index (χ0v) is 13.9. The average Bonchev–Trinajstić information content (AvgIpc) is 2.61. The molecule has 4 nitrogen and oxygen atoms in total. The SMILES string of the molecule is Cc1ccc(/C=C/C(=O)N[C@@H](C)c2ccc3c(c2)OCCO3)cc1. The third kappa shape index (κ3) is 3.96. The summed E-state index contributed by atoms with van der Waals surface area (Å²) >= 11 is 0. The van der Waals surface area contributed by atoms with Crippen LogP contribution in [-0.4, -0.2) is 19.1 Å². The first-order valence-corrected chi connectivity index (χ1v) is 8.06. The van der Waals surface area contributed by atoms with Crippen LogP contribution in [0.4, 0.5) is 0 Å². The molecule has 0 radical (unpaired) electrons. The van der Waals surface area contributed by atoms with Crippen molar-refractivity contribution in [3.05, 3.63) is 65.2 Å². The van der Waals surface area contributed by atoms with Crippen LogP contribution < -0.4 is 14.8 Å². The van der Waals surface area contributed by atoms with Crippen molar-refractivity contribution in [3.8, 4) is 11.5 Å². The molecule has 0 saturated carbocycles. The maximum atomic E-state index is 12.1. The van der Waals surface area contributed by atoms with Gasteiger partial charge in [-0.25, -0.2) is 0 Å². The van der Waals surface area contributed by atoms with Gasteiger partial charge < -0.3 is 14.8 Å². The molecule has 4 heteroatoms. The second-order valence-electron chi connectivity index (χ2n) is 5.88. The molecule has 124 valence electrons. The predicted octanol–water partition coefficient (Wildman–Crippen LogP) is 3.66. The highest BCUT2D eigenvalue weighted by molar-refractivity contribution is 5.92. The number of aryl methyl sites for hydroxylation is 1. The Labute approximate surface area is 142 Å². The summed E-state index contributed by atoms with van der Waals surface area (Å²) in [6, 6.07) is 13.7. The Morgan fingerprint density at radius 1 is 1.08 bits per heavy atom. The lowest BCUT2D eigenvalue weighted by molar-refractivity contribution is -0.117. The minimum absolute atomic E-state index is 0.115. The highest BCUT2D eigenvalue weighted by Gasteiger charge is 2.15. The Kier molecular flexibility index (Phi) is 4.85. The third-order valence-corrected chi connectivity index (χ3v) is 3.93. The maximum absolute atomic E-state index is 12.1. The normalized spacial score (nSPS) is 14.4. The predicted molar refractivity (Wildman–Crippen MR) is 94.2 cm³/mol. The van der Waals surface area contributed by atoms with E-state index in [1.54, 1.807) is 6.08 Å². The van der Waals surface area contributed by atoms with Crippen molar-refractivity contribution in [2.45, 2.75) is 19.9 Å². The van der Waals surface area contributed by atoms with Gasteiger partial charge in [0, 0.05) is 6.08 Å². The molecule has 0 aromatic heterocycles. The summed E-state index contributed by atoms with van der Waals surface area (Å²) in [4.78, 5) is 12.1. The van der Waals surface area contributed by atoms with Crippen LogP contribution in [0, 0.1) is 6.92 Å². The standard InChI is InChI=1S/C20H21NO3/c1-14-3-5-16(6-4-14)7-10-20(22)21-15(2)17-8-9-18-19(13-17)24-12-11-23-18/h3-10,13,15H,11-12H2,1-2H3,(H,21,22)/b10-7+/t15-/m0/s1. The van der Waals surface area contributed by atoms with Gasteiger partial charge in [-0.15, -0.1) is 0 Å². The Balaban J connectivity index is 1.62. The Hall–Kier alpha value is -2.75.